The summed E-state index contributed by atoms with van der Waals surface area (Å²) in [4.78, 5) is 0. The highest BCUT2D eigenvalue weighted by Gasteiger charge is 2.17. The summed E-state index contributed by atoms with van der Waals surface area (Å²) < 4.78 is 0. The second-order valence-electron chi connectivity index (χ2n) is 6.88. The molecule has 1 unspecified atom stereocenters. The Morgan fingerprint density at radius 1 is 0.840 bits per heavy atom. The molecule has 2 atom stereocenters. The van der Waals surface area contributed by atoms with Crippen molar-refractivity contribution in [1.82, 2.24) is 5.32 Å². The maximum absolute atomic E-state index is 3.76. The molecule has 1 heteroatoms. The van der Waals surface area contributed by atoms with E-state index in [1.165, 1.54) is 22.4 Å². The fraction of sp³-hybridized carbons (Fsp3) is 0.250. The molecular formula is C24H25N. The van der Waals surface area contributed by atoms with Crippen molar-refractivity contribution in [3.63, 3.8) is 0 Å². The predicted molar refractivity (Wildman–Crippen MR) is 107 cm³/mol. The normalized spacial score (nSPS) is 25.2. The van der Waals surface area contributed by atoms with Crippen molar-refractivity contribution in [3.8, 4) is 0 Å². The average Bonchev–Trinajstić information content (AvgIpc) is 2.70. The van der Waals surface area contributed by atoms with Gasteiger partial charge in [-0.1, -0.05) is 85.0 Å². The molecule has 1 aromatic carbocycles. The molecule has 1 N–H and O–H groups in total. The van der Waals surface area contributed by atoms with Crippen LogP contribution in [0.4, 0.5) is 0 Å². The molecule has 0 saturated heterocycles. The summed E-state index contributed by atoms with van der Waals surface area (Å²) in [6.45, 7) is 0. The Morgan fingerprint density at radius 2 is 1.72 bits per heavy atom. The van der Waals surface area contributed by atoms with E-state index in [1.54, 1.807) is 0 Å². The number of rotatable bonds is 4. The van der Waals surface area contributed by atoms with Gasteiger partial charge in [0.05, 0.1) is 0 Å². The van der Waals surface area contributed by atoms with Crippen LogP contribution in [0.25, 0.3) is 5.57 Å². The molecule has 3 aliphatic rings. The summed E-state index contributed by atoms with van der Waals surface area (Å²) in [6, 6.07) is 11.1. The van der Waals surface area contributed by atoms with Crippen molar-refractivity contribution in [1.29, 1.82) is 0 Å². The first-order chi connectivity index (χ1) is 12.4. The Bertz CT molecular complexity index is 787. The highest BCUT2D eigenvalue weighted by atomic mass is 14.9. The Hall–Kier alpha value is -2.54. The standard InChI is InChI=1S/C24H25N/c1-3-9-19(10-4-1)20-15-17-22(18-16-20)25-24-14-8-7-13-23(24)21-11-5-2-6-12-21/h1-6,9,11-17,19,22,25H,7-8,10,18H2/t19-,22?/m0/s1. The number of allylic oxidation sites excluding steroid dienone is 9. The van der Waals surface area contributed by atoms with Gasteiger partial charge in [-0.15, -0.1) is 0 Å². The van der Waals surface area contributed by atoms with Gasteiger partial charge in [-0.2, -0.15) is 0 Å². The Labute approximate surface area is 150 Å². The molecule has 1 aromatic rings. The van der Waals surface area contributed by atoms with Crippen molar-refractivity contribution < 1.29 is 0 Å². The van der Waals surface area contributed by atoms with Crippen molar-refractivity contribution >= 4 is 5.57 Å². The van der Waals surface area contributed by atoms with Gasteiger partial charge in [0.25, 0.3) is 0 Å². The van der Waals surface area contributed by atoms with Crippen molar-refractivity contribution in [2.24, 2.45) is 5.92 Å². The lowest BCUT2D eigenvalue weighted by Gasteiger charge is -2.26. The first-order valence-electron chi connectivity index (χ1n) is 9.34. The summed E-state index contributed by atoms with van der Waals surface area (Å²) in [6.07, 6.45) is 25.1. The predicted octanol–water partition coefficient (Wildman–Crippen LogP) is 5.72. The molecule has 4 rings (SSSR count). The van der Waals surface area contributed by atoms with Crippen LogP contribution in [-0.4, -0.2) is 6.04 Å². The van der Waals surface area contributed by atoms with E-state index in [9.17, 15) is 0 Å². The van der Waals surface area contributed by atoms with Crippen molar-refractivity contribution in [2.75, 3.05) is 0 Å². The first kappa shape index (κ1) is 16.0. The molecule has 3 aliphatic carbocycles. The van der Waals surface area contributed by atoms with Gasteiger partial charge >= 0.3 is 0 Å². The highest BCUT2D eigenvalue weighted by Crippen LogP contribution is 2.29. The first-order valence-corrected chi connectivity index (χ1v) is 9.34. The van der Waals surface area contributed by atoms with Crippen molar-refractivity contribution in [2.45, 2.75) is 31.7 Å². The lowest BCUT2D eigenvalue weighted by atomic mass is 9.87. The van der Waals surface area contributed by atoms with E-state index in [-0.39, 0.29) is 0 Å². The van der Waals surface area contributed by atoms with Crippen LogP contribution in [0, 0.1) is 5.92 Å². The molecule has 25 heavy (non-hydrogen) atoms. The van der Waals surface area contributed by atoms with E-state index >= 15 is 0 Å². The second kappa shape index (κ2) is 7.57. The molecule has 126 valence electrons. The monoisotopic (exact) mass is 327 g/mol. The van der Waals surface area contributed by atoms with Gasteiger partial charge in [-0.25, -0.2) is 0 Å². The van der Waals surface area contributed by atoms with Crippen LogP contribution in [0.1, 0.15) is 31.2 Å². The molecule has 0 radical (unpaired) electrons. The lowest BCUT2D eigenvalue weighted by molar-refractivity contribution is 0.663. The third-order valence-corrected chi connectivity index (χ3v) is 5.12. The van der Waals surface area contributed by atoms with E-state index < -0.39 is 0 Å². The Morgan fingerprint density at radius 3 is 2.48 bits per heavy atom. The maximum Gasteiger partial charge on any atom is 0.0482 e. The SMILES string of the molecule is C1=CC[C@@H](C2=CCC(NC3=CCCC=C3c3ccccc3)C=C2)C=C1. The zero-order valence-corrected chi connectivity index (χ0v) is 14.6. The smallest absolute Gasteiger partial charge is 0.0482 e. The number of nitrogens with one attached hydrogen (secondary N) is 1. The van der Waals surface area contributed by atoms with E-state index in [0.29, 0.717) is 12.0 Å². The molecule has 0 fully saturated rings. The van der Waals surface area contributed by atoms with Gasteiger partial charge in [0.1, 0.15) is 0 Å². The highest BCUT2D eigenvalue weighted by molar-refractivity contribution is 5.79. The largest absolute Gasteiger partial charge is 0.378 e. The van der Waals surface area contributed by atoms with Gasteiger partial charge in [-0.05, 0) is 36.8 Å². The van der Waals surface area contributed by atoms with E-state index in [4.69, 9.17) is 0 Å². The zero-order valence-electron chi connectivity index (χ0n) is 14.6. The Balaban J connectivity index is 1.43. The fourth-order valence-electron chi connectivity index (χ4n) is 3.75. The van der Waals surface area contributed by atoms with Crippen LogP contribution in [0.5, 0.6) is 0 Å². The molecule has 1 nitrogen and oxygen atoms in total. The summed E-state index contributed by atoms with van der Waals surface area (Å²) in [5, 5.41) is 3.76. The van der Waals surface area contributed by atoms with Gasteiger partial charge < -0.3 is 5.32 Å². The number of hydrogen-bond acceptors (Lipinski definition) is 1. The topological polar surface area (TPSA) is 12.0 Å². The lowest BCUT2D eigenvalue weighted by Crippen LogP contribution is -2.29. The van der Waals surface area contributed by atoms with Gasteiger partial charge in [0.15, 0.2) is 0 Å². The molecule has 0 amide bonds. The van der Waals surface area contributed by atoms with E-state index in [1.807, 2.05) is 0 Å². The summed E-state index contributed by atoms with van der Waals surface area (Å²) >= 11 is 0. The molecular weight excluding hydrogens is 302 g/mol. The number of benzene rings is 1. The van der Waals surface area contributed by atoms with E-state index in [2.05, 4.69) is 90.3 Å². The minimum Gasteiger partial charge on any atom is -0.378 e. The van der Waals surface area contributed by atoms with Crippen LogP contribution < -0.4 is 5.32 Å². The third-order valence-electron chi connectivity index (χ3n) is 5.12. The third kappa shape index (κ3) is 3.76. The molecule has 0 aliphatic heterocycles. The van der Waals surface area contributed by atoms with Gasteiger partial charge in [0, 0.05) is 23.2 Å². The average molecular weight is 327 g/mol. The summed E-state index contributed by atoms with van der Waals surface area (Å²) in [5.74, 6) is 0.552. The van der Waals surface area contributed by atoms with Crippen molar-refractivity contribution in [3.05, 3.63) is 102 Å². The van der Waals surface area contributed by atoms with Crippen LogP contribution in [0.2, 0.25) is 0 Å². The van der Waals surface area contributed by atoms with Crippen LogP contribution in [-0.2, 0) is 0 Å². The van der Waals surface area contributed by atoms with E-state index in [0.717, 1.165) is 25.7 Å². The minimum absolute atomic E-state index is 0.378. The summed E-state index contributed by atoms with van der Waals surface area (Å²) in [5.41, 5.74) is 5.38. The quantitative estimate of drug-likeness (QED) is 0.745. The second-order valence-corrected chi connectivity index (χ2v) is 6.88. The summed E-state index contributed by atoms with van der Waals surface area (Å²) in [7, 11) is 0. The molecule has 0 aromatic heterocycles. The number of hydrogen-bond donors (Lipinski definition) is 1. The van der Waals surface area contributed by atoms with Gasteiger partial charge in [0.2, 0.25) is 0 Å². The van der Waals surface area contributed by atoms with Crippen LogP contribution >= 0.6 is 0 Å². The maximum atomic E-state index is 3.76. The van der Waals surface area contributed by atoms with Gasteiger partial charge in [-0.3, -0.25) is 0 Å². The molecule has 0 spiro atoms. The fourth-order valence-corrected chi connectivity index (χ4v) is 3.75. The van der Waals surface area contributed by atoms with Crippen LogP contribution in [0.15, 0.2) is 96.3 Å². The molecule has 0 bridgehead atoms. The molecule has 0 saturated carbocycles. The minimum atomic E-state index is 0.378. The molecule has 0 heterocycles. The zero-order chi connectivity index (χ0) is 16.9. The Kier molecular flexibility index (Phi) is 4.83. The van der Waals surface area contributed by atoms with Crippen LogP contribution in [0.3, 0.4) is 0 Å².